The van der Waals surface area contributed by atoms with Crippen molar-refractivity contribution >= 4 is 18.7 Å². The zero-order valence-corrected chi connectivity index (χ0v) is 23.7. The van der Waals surface area contributed by atoms with Gasteiger partial charge in [-0.25, -0.2) is 0 Å². The Bertz CT molecular complexity index is 309. The van der Waals surface area contributed by atoms with E-state index in [4.69, 9.17) is 15.3 Å². The molecule has 3 nitrogen and oxygen atoms in total. The second-order valence-corrected chi connectivity index (χ2v) is 15.1. The standard InChI is InChI=1S/C7H11Ge.3C4H10O.Hf/c1-8(2)7-5-3-4-6-7;3*1-4(2,3)5;/h3-6,8H,1-2H3;3*5H,1-3H3;/q-1;;;;. The van der Waals surface area contributed by atoms with Gasteiger partial charge in [0.25, 0.3) is 0 Å². The molecule has 0 spiro atoms. The number of aliphatic hydroxyl groups is 3. The Morgan fingerprint density at radius 2 is 0.792 bits per heavy atom. The van der Waals surface area contributed by atoms with Gasteiger partial charge in [0.1, 0.15) is 0 Å². The minimum atomic E-state index is -0.888. The van der Waals surface area contributed by atoms with Crippen molar-refractivity contribution < 1.29 is 41.2 Å². The molecule has 0 aliphatic heterocycles. The van der Waals surface area contributed by atoms with Crippen molar-refractivity contribution in [1.82, 2.24) is 0 Å². The van der Waals surface area contributed by atoms with E-state index in [1.807, 2.05) is 0 Å². The molecule has 0 aliphatic carbocycles. The van der Waals surface area contributed by atoms with Crippen LogP contribution in [-0.4, -0.2) is 46.5 Å². The molecule has 0 bridgehead atoms. The molecule has 0 aliphatic rings. The van der Waals surface area contributed by atoms with Gasteiger partial charge in [0, 0.05) is 25.8 Å². The molecule has 0 aromatic heterocycles. The average molecular weight is 569 g/mol. The van der Waals surface area contributed by atoms with Crippen LogP contribution >= 0.6 is 0 Å². The van der Waals surface area contributed by atoms with Crippen molar-refractivity contribution in [3.8, 4) is 0 Å². The van der Waals surface area contributed by atoms with E-state index in [9.17, 15) is 0 Å². The number of hydrogen-bond donors (Lipinski definition) is 3. The Kier molecular flexibility index (Phi) is 19.9. The molecule has 0 unspecified atom stereocenters. The molecule has 1 aromatic rings. The predicted octanol–water partition coefficient (Wildman–Crippen LogP) is 3.43. The summed E-state index contributed by atoms with van der Waals surface area (Å²) in [6, 6.07) is 8.73. The summed E-state index contributed by atoms with van der Waals surface area (Å²) in [5, 5.41) is 25.6. The fourth-order valence-corrected chi connectivity index (χ4v) is 2.86. The third-order valence-electron chi connectivity index (χ3n) is 1.36. The van der Waals surface area contributed by atoms with Crippen LogP contribution in [0.5, 0.6) is 0 Å². The molecule has 1 aromatic carbocycles. The Balaban J connectivity index is -0.000000113. The zero-order chi connectivity index (χ0) is 19.5. The van der Waals surface area contributed by atoms with Gasteiger partial charge in [0.15, 0.2) is 0 Å². The molecule has 0 heterocycles. The van der Waals surface area contributed by atoms with Gasteiger partial charge >= 0.3 is 54.5 Å². The average Bonchev–Trinajstić information content (AvgIpc) is 2.59. The predicted molar refractivity (Wildman–Crippen MR) is 106 cm³/mol. The van der Waals surface area contributed by atoms with Crippen LogP contribution in [0.1, 0.15) is 62.3 Å². The molecular formula is C19H41GeHfO3-. The molecule has 0 atom stereocenters. The third kappa shape index (κ3) is 78.2. The van der Waals surface area contributed by atoms with E-state index in [0.717, 1.165) is 0 Å². The fraction of sp³-hybridized carbons (Fsp3) is 0.737. The van der Waals surface area contributed by atoms with Crippen molar-refractivity contribution in [3.05, 3.63) is 24.3 Å². The summed E-state index contributed by atoms with van der Waals surface area (Å²) in [7, 11) is 0. The first kappa shape index (κ1) is 32.3. The van der Waals surface area contributed by atoms with E-state index in [0.29, 0.717) is 0 Å². The van der Waals surface area contributed by atoms with Gasteiger partial charge in [0.2, 0.25) is 0 Å². The van der Waals surface area contributed by atoms with Gasteiger partial charge in [-0.05, 0) is 62.3 Å². The fourth-order valence-electron chi connectivity index (χ4n) is 0.774. The smallest absolute Gasteiger partial charge is 0 e. The van der Waals surface area contributed by atoms with E-state index in [-0.39, 0.29) is 25.8 Å². The molecule has 5 heteroatoms. The van der Waals surface area contributed by atoms with Crippen molar-refractivity contribution in [2.45, 2.75) is 90.6 Å². The first-order valence-electron chi connectivity index (χ1n) is 8.19. The Morgan fingerprint density at radius 1 is 0.625 bits per heavy atom. The Morgan fingerprint density at radius 3 is 0.875 bits per heavy atom. The summed E-state index contributed by atoms with van der Waals surface area (Å²) in [5.74, 6) is 4.78. The Hall–Kier alpha value is 0.643. The van der Waals surface area contributed by atoms with Gasteiger partial charge in [-0.1, -0.05) is 0 Å². The normalized spacial score (nSPS) is 11.0. The summed E-state index contributed by atoms with van der Waals surface area (Å²) in [4.78, 5) is 0. The van der Waals surface area contributed by atoms with E-state index < -0.39 is 31.2 Å². The first-order chi connectivity index (χ1) is 9.80. The van der Waals surface area contributed by atoms with Crippen LogP contribution in [0.25, 0.3) is 0 Å². The molecule has 144 valence electrons. The quantitative estimate of drug-likeness (QED) is 0.360. The number of rotatable bonds is 1. The van der Waals surface area contributed by atoms with Crippen LogP contribution in [0.15, 0.2) is 24.3 Å². The summed E-state index contributed by atoms with van der Waals surface area (Å²) in [5.41, 5.74) is -1.50. The zero-order valence-electron chi connectivity index (χ0n) is 17.7. The van der Waals surface area contributed by atoms with Crippen molar-refractivity contribution in [2.24, 2.45) is 0 Å². The molecule has 0 fully saturated rings. The SMILES string of the molecule is CC(C)(C)O.CC(C)(C)O.CC(C)(C)O.[CH3][GeH]([CH3])[c-]1cccc1.[Hf]. The van der Waals surface area contributed by atoms with Crippen molar-refractivity contribution in [2.75, 3.05) is 0 Å². The molecule has 0 amide bonds. The maximum absolute atomic E-state index is 8.52. The molecule has 0 saturated carbocycles. The van der Waals surface area contributed by atoms with Crippen molar-refractivity contribution in [1.29, 1.82) is 0 Å². The molecular weight excluding hydrogens is 527 g/mol. The number of hydrogen-bond acceptors (Lipinski definition) is 3. The van der Waals surface area contributed by atoms with E-state index in [1.165, 1.54) is 0 Å². The molecule has 24 heavy (non-hydrogen) atoms. The summed E-state index contributed by atoms with van der Waals surface area (Å²) >= 11 is -0.888. The van der Waals surface area contributed by atoms with Crippen LogP contribution in [-0.2, 0) is 25.8 Å². The van der Waals surface area contributed by atoms with Gasteiger partial charge in [-0.15, -0.1) is 0 Å². The van der Waals surface area contributed by atoms with Crippen molar-refractivity contribution in [3.63, 3.8) is 0 Å². The minimum absolute atomic E-state index is 0. The van der Waals surface area contributed by atoms with Crippen LogP contribution in [0.2, 0.25) is 11.5 Å². The van der Waals surface area contributed by atoms with E-state index in [2.05, 4.69) is 35.8 Å². The second kappa shape index (κ2) is 14.8. The van der Waals surface area contributed by atoms with Gasteiger partial charge in [0.05, 0.1) is 16.8 Å². The van der Waals surface area contributed by atoms with Gasteiger partial charge in [-0.2, -0.15) is 0 Å². The molecule has 0 saturated heterocycles. The largest absolute Gasteiger partial charge is 0 e. The molecule has 0 radical (unpaired) electrons. The first-order valence-corrected chi connectivity index (χ1v) is 14.2. The van der Waals surface area contributed by atoms with Gasteiger partial charge < -0.3 is 15.3 Å². The summed E-state index contributed by atoms with van der Waals surface area (Å²) in [6.45, 7) is 15.7. The topological polar surface area (TPSA) is 60.7 Å². The van der Waals surface area contributed by atoms with E-state index >= 15 is 0 Å². The molecule has 3 N–H and O–H groups in total. The maximum Gasteiger partial charge on any atom is 0 e. The van der Waals surface area contributed by atoms with Gasteiger partial charge in [-0.3, -0.25) is 0 Å². The maximum atomic E-state index is 8.52. The summed E-state index contributed by atoms with van der Waals surface area (Å²) < 4.78 is 1.62. The summed E-state index contributed by atoms with van der Waals surface area (Å²) in [6.07, 6.45) is 0. The van der Waals surface area contributed by atoms with Crippen LogP contribution < -0.4 is 4.40 Å². The third-order valence-corrected chi connectivity index (χ3v) is 4.96. The minimum Gasteiger partial charge on any atom is 0 e. The second-order valence-electron chi connectivity index (χ2n) is 8.89. The Labute approximate surface area is 174 Å². The van der Waals surface area contributed by atoms with Crippen LogP contribution in [0.3, 0.4) is 0 Å². The van der Waals surface area contributed by atoms with Crippen LogP contribution in [0.4, 0.5) is 0 Å². The van der Waals surface area contributed by atoms with E-state index in [1.54, 1.807) is 66.7 Å². The monoisotopic (exact) mass is 571 g/mol. The molecule has 1 rings (SSSR count). The van der Waals surface area contributed by atoms with Crippen LogP contribution in [0, 0.1) is 0 Å².